The van der Waals surface area contributed by atoms with Crippen LogP contribution in [0.2, 0.25) is 5.15 Å². The Hall–Kier alpha value is -2.47. The molecule has 3 rings (SSSR count). The lowest BCUT2D eigenvalue weighted by Crippen LogP contribution is -2.01. The monoisotopic (exact) mass is 288 g/mol. The molecule has 7 heteroatoms. The van der Waals surface area contributed by atoms with E-state index in [2.05, 4.69) is 10.1 Å². The zero-order valence-corrected chi connectivity index (χ0v) is 11.0. The molecule has 3 aromatic rings. The van der Waals surface area contributed by atoms with Crippen molar-refractivity contribution < 1.29 is 4.92 Å². The standard InChI is InChI=1S/C13H9ClN4O2/c14-13-10(5-9-3-1-2-4-12(9)16-13)7-17-8-11(6-15-17)18(19)20/h1-6,8H,7H2. The Morgan fingerprint density at radius 1 is 1.35 bits per heavy atom. The van der Waals surface area contributed by atoms with Crippen LogP contribution >= 0.6 is 11.6 Å². The van der Waals surface area contributed by atoms with Gasteiger partial charge < -0.3 is 0 Å². The number of rotatable bonds is 3. The summed E-state index contributed by atoms with van der Waals surface area (Å²) in [6.07, 6.45) is 2.58. The number of benzene rings is 1. The molecule has 0 saturated carbocycles. The van der Waals surface area contributed by atoms with E-state index in [1.165, 1.54) is 17.1 Å². The summed E-state index contributed by atoms with van der Waals surface area (Å²) in [6, 6.07) is 9.54. The molecule has 1 aromatic carbocycles. The summed E-state index contributed by atoms with van der Waals surface area (Å²) in [6.45, 7) is 0.338. The van der Waals surface area contributed by atoms with Crippen molar-refractivity contribution in [2.24, 2.45) is 0 Å². The molecule has 2 heterocycles. The first-order chi connectivity index (χ1) is 9.63. The number of pyridine rings is 1. The molecule has 0 atom stereocenters. The number of nitrogens with zero attached hydrogens (tertiary/aromatic N) is 4. The third-order valence-corrected chi connectivity index (χ3v) is 3.24. The topological polar surface area (TPSA) is 73.8 Å². The Kier molecular flexibility index (Phi) is 3.08. The predicted molar refractivity (Wildman–Crippen MR) is 74.7 cm³/mol. The van der Waals surface area contributed by atoms with E-state index in [1.807, 2.05) is 30.3 Å². The van der Waals surface area contributed by atoms with Crippen LogP contribution in [0.3, 0.4) is 0 Å². The SMILES string of the molecule is O=[N+]([O-])c1cnn(Cc2cc3ccccc3nc2Cl)c1. The molecule has 0 N–H and O–H groups in total. The minimum absolute atomic E-state index is 0.0464. The highest BCUT2D eigenvalue weighted by molar-refractivity contribution is 6.30. The van der Waals surface area contributed by atoms with E-state index in [4.69, 9.17) is 11.6 Å². The van der Waals surface area contributed by atoms with Gasteiger partial charge in [-0.2, -0.15) is 5.10 Å². The van der Waals surface area contributed by atoms with Gasteiger partial charge in [-0.3, -0.25) is 14.8 Å². The molecule has 0 fully saturated rings. The molecule has 100 valence electrons. The molecular weight excluding hydrogens is 280 g/mol. The van der Waals surface area contributed by atoms with Crippen LogP contribution in [0.4, 0.5) is 5.69 Å². The second kappa shape index (κ2) is 4.90. The molecule has 0 bridgehead atoms. The Bertz CT molecular complexity index is 800. The van der Waals surface area contributed by atoms with Gasteiger partial charge in [0.05, 0.1) is 17.0 Å². The fraction of sp³-hybridized carbons (Fsp3) is 0.0769. The molecule has 0 saturated heterocycles. The van der Waals surface area contributed by atoms with Crippen molar-refractivity contribution >= 4 is 28.2 Å². The van der Waals surface area contributed by atoms with E-state index >= 15 is 0 Å². The van der Waals surface area contributed by atoms with Crippen molar-refractivity contribution in [3.63, 3.8) is 0 Å². The van der Waals surface area contributed by atoms with Crippen molar-refractivity contribution in [2.45, 2.75) is 6.54 Å². The first-order valence-corrected chi connectivity index (χ1v) is 6.22. The van der Waals surface area contributed by atoms with Crippen LogP contribution in [-0.2, 0) is 6.54 Å². The first-order valence-electron chi connectivity index (χ1n) is 5.84. The van der Waals surface area contributed by atoms with Crippen LogP contribution < -0.4 is 0 Å². The fourth-order valence-electron chi connectivity index (χ4n) is 1.96. The molecule has 0 aliphatic rings. The number of halogens is 1. The molecule has 0 spiro atoms. The van der Waals surface area contributed by atoms with Gasteiger partial charge in [-0.25, -0.2) is 4.98 Å². The van der Waals surface area contributed by atoms with Crippen LogP contribution in [0.15, 0.2) is 42.7 Å². The summed E-state index contributed by atoms with van der Waals surface area (Å²) in [5, 5.41) is 15.9. The highest BCUT2D eigenvalue weighted by atomic mass is 35.5. The third-order valence-electron chi connectivity index (χ3n) is 2.91. The van der Waals surface area contributed by atoms with E-state index < -0.39 is 4.92 Å². The maximum absolute atomic E-state index is 10.6. The van der Waals surface area contributed by atoms with Gasteiger partial charge in [-0.1, -0.05) is 29.8 Å². The van der Waals surface area contributed by atoms with Crippen molar-refractivity contribution in [1.29, 1.82) is 0 Å². The lowest BCUT2D eigenvalue weighted by Gasteiger charge is -2.06. The van der Waals surface area contributed by atoms with Crippen LogP contribution in [0.25, 0.3) is 10.9 Å². The van der Waals surface area contributed by atoms with Crippen LogP contribution in [0, 0.1) is 10.1 Å². The Morgan fingerprint density at radius 3 is 2.90 bits per heavy atom. The van der Waals surface area contributed by atoms with Crippen molar-refractivity contribution in [1.82, 2.24) is 14.8 Å². The molecule has 2 aromatic heterocycles. The quantitative estimate of drug-likeness (QED) is 0.422. The third kappa shape index (κ3) is 2.33. The maximum atomic E-state index is 10.6. The van der Waals surface area contributed by atoms with Crippen LogP contribution in [-0.4, -0.2) is 19.7 Å². The summed E-state index contributed by atoms with van der Waals surface area (Å²) >= 11 is 6.14. The fourth-order valence-corrected chi connectivity index (χ4v) is 2.16. The van der Waals surface area contributed by atoms with Crippen LogP contribution in [0.1, 0.15) is 5.56 Å². The number of nitro groups is 1. The predicted octanol–water partition coefficient (Wildman–Crippen LogP) is 3.04. The van der Waals surface area contributed by atoms with Gasteiger partial charge in [0.2, 0.25) is 0 Å². The normalized spacial score (nSPS) is 10.8. The minimum atomic E-state index is -0.482. The molecule has 20 heavy (non-hydrogen) atoms. The zero-order valence-electron chi connectivity index (χ0n) is 10.2. The van der Waals surface area contributed by atoms with Crippen molar-refractivity contribution in [2.75, 3.05) is 0 Å². The molecule has 0 aliphatic heterocycles. The van der Waals surface area contributed by atoms with Gasteiger partial charge in [0.15, 0.2) is 0 Å². The van der Waals surface area contributed by atoms with Gasteiger partial charge in [-0.15, -0.1) is 0 Å². The number of fused-ring (bicyclic) bond motifs is 1. The summed E-state index contributed by atoms with van der Waals surface area (Å²) < 4.78 is 1.47. The van der Waals surface area contributed by atoms with Crippen LogP contribution in [0.5, 0.6) is 0 Å². The maximum Gasteiger partial charge on any atom is 0.307 e. The Morgan fingerprint density at radius 2 is 2.15 bits per heavy atom. The second-order valence-corrected chi connectivity index (χ2v) is 4.64. The molecule has 0 amide bonds. The molecule has 6 nitrogen and oxygen atoms in total. The molecule has 0 radical (unpaired) electrons. The Labute approximate surface area is 118 Å². The van der Waals surface area contributed by atoms with Gasteiger partial charge in [-0.05, 0) is 12.1 Å². The zero-order chi connectivity index (χ0) is 14.1. The highest BCUT2D eigenvalue weighted by Gasteiger charge is 2.11. The van der Waals surface area contributed by atoms with Gasteiger partial charge in [0.1, 0.15) is 17.5 Å². The van der Waals surface area contributed by atoms with E-state index in [1.54, 1.807) is 0 Å². The summed E-state index contributed by atoms with van der Waals surface area (Å²) in [5.74, 6) is 0. The number of para-hydroxylation sites is 1. The number of aromatic nitrogens is 3. The van der Waals surface area contributed by atoms with E-state index in [0.29, 0.717) is 11.7 Å². The minimum Gasteiger partial charge on any atom is -0.261 e. The van der Waals surface area contributed by atoms with Crippen molar-refractivity contribution in [3.8, 4) is 0 Å². The molecular formula is C13H9ClN4O2. The van der Waals surface area contributed by atoms with Gasteiger partial charge >= 0.3 is 5.69 Å². The first kappa shape index (κ1) is 12.6. The average Bonchev–Trinajstić information content (AvgIpc) is 2.88. The highest BCUT2D eigenvalue weighted by Crippen LogP contribution is 2.21. The van der Waals surface area contributed by atoms with Gasteiger partial charge in [0, 0.05) is 10.9 Å². The lowest BCUT2D eigenvalue weighted by atomic mass is 10.1. The average molecular weight is 289 g/mol. The summed E-state index contributed by atoms with van der Waals surface area (Å²) in [4.78, 5) is 14.4. The molecule has 0 unspecified atom stereocenters. The lowest BCUT2D eigenvalue weighted by molar-refractivity contribution is -0.385. The van der Waals surface area contributed by atoms with E-state index in [-0.39, 0.29) is 5.69 Å². The largest absolute Gasteiger partial charge is 0.307 e. The summed E-state index contributed by atoms with van der Waals surface area (Å²) in [5.41, 5.74) is 1.53. The second-order valence-electron chi connectivity index (χ2n) is 4.28. The Balaban J connectivity index is 1.97. The van der Waals surface area contributed by atoms with Crippen molar-refractivity contribution in [3.05, 3.63) is 63.6 Å². The van der Waals surface area contributed by atoms with E-state index in [9.17, 15) is 10.1 Å². The molecule has 0 aliphatic carbocycles. The number of hydrogen-bond donors (Lipinski definition) is 0. The van der Waals surface area contributed by atoms with Gasteiger partial charge in [0.25, 0.3) is 0 Å². The van der Waals surface area contributed by atoms with E-state index in [0.717, 1.165) is 16.5 Å². The smallest absolute Gasteiger partial charge is 0.261 e. The number of hydrogen-bond acceptors (Lipinski definition) is 4. The summed E-state index contributed by atoms with van der Waals surface area (Å²) in [7, 11) is 0.